The second-order valence-corrected chi connectivity index (χ2v) is 11.9. The molecule has 11 nitrogen and oxygen atoms in total. The fraction of sp³-hybridized carbons (Fsp3) is 0.265. The molecule has 3 atom stereocenters. The van der Waals surface area contributed by atoms with Crippen LogP contribution in [0.1, 0.15) is 32.9 Å². The molecule has 3 unspecified atom stereocenters. The molecule has 1 heterocycles. The van der Waals surface area contributed by atoms with E-state index in [9.17, 15) is 29.0 Å². The molecular weight excluding hydrogens is 726 g/mol. The fourth-order valence-electron chi connectivity index (χ4n) is 5.41. The van der Waals surface area contributed by atoms with E-state index in [-0.39, 0.29) is 48.9 Å². The van der Waals surface area contributed by atoms with Gasteiger partial charge < -0.3 is 39.1 Å². The normalized spacial score (nSPS) is 17.5. The SMILES string of the molecule is COc1cc(C=O)cc(I)c1OC1C=C(C(=O)NCCO)CC(N(Cc2ccc(F)cc2)C(=O)c2cc3cccc(OC)c3o2)C1O. The number of methoxy groups -OCH3 is 2. The summed E-state index contributed by atoms with van der Waals surface area (Å²) in [5.74, 6) is -0.762. The minimum Gasteiger partial charge on any atom is -0.493 e. The molecule has 5 rings (SSSR count). The van der Waals surface area contributed by atoms with Gasteiger partial charge in [0.2, 0.25) is 5.91 Å². The number of furan rings is 1. The van der Waals surface area contributed by atoms with Gasteiger partial charge in [-0.2, -0.15) is 0 Å². The highest BCUT2D eigenvalue weighted by Crippen LogP contribution is 2.38. The van der Waals surface area contributed by atoms with Gasteiger partial charge in [0.05, 0.1) is 30.4 Å². The van der Waals surface area contributed by atoms with E-state index in [1.807, 2.05) is 22.6 Å². The van der Waals surface area contributed by atoms with Crippen LogP contribution in [0, 0.1) is 9.39 Å². The second-order valence-electron chi connectivity index (χ2n) is 10.7. The van der Waals surface area contributed by atoms with Crippen LogP contribution in [0.25, 0.3) is 11.0 Å². The van der Waals surface area contributed by atoms with Crippen LogP contribution < -0.4 is 19.5 Å². The van der Waals surface area contributed by atoms with Crippen LogP contribution in [0.15, 0.2) is 76.7 Å². The molecule has 0 saturated carbocycles. The molecule has 1 aliphatic rings. The van der Waals surface area contributed by atoms with Gasteiger partial charge in [-0.15, -0.1) is 0 Å². The Morgan fingerprint density at radius 1 is 1.11 bits per heavy atom. The van der Waals surface area contributed by atoms with Crippen molar-refractivity contribution in [3.63, 3.8) is 0 Å². The molecule has 1 aliphatic carbocycles. The molecule has 0 saturated heterocycles. The first-order valence-electron chi connectivity index (χ1n) is 14.6. The summed E-state index contributed by atoms with van der Waals surface area (Å²) in [7, 11) is 2.89. The minimum absolute atomic E-state index is 0.0210. The second kappa shape index (κ2) is 15.0. The molecule has 246 valence electrons. The van der Waals surface area contributed by atoms with Gasteiger partial charge in [-0.3, -0.25) is 14.4 Å². The predicted octanol–water partition coefficient (Wildman–Crippen LogP) is 4.26. The number of aldehydes is 1. The van der Waals surface area contributed by atoms with Gasteiger partial charge in [0, 0.05) is 36.0 Å². The van der Waals surface area contributed by atoms with E-state index in [1.165, 1.54) is 55.5 Å². The van der Waals surface area contributed by atoms with Crippen LogP contribution in [0.5, 0.6) is 17.2 Å². The molecule has 13 heteroatoms. The van der Waals surface area contributed by atoms with E-state index in [0.29, 0.717) is 37.7 Å². The van der Waals surface area contributed by atoms with Crippen molar-refractivity contribution < 1.29 is 47.6 Å². The van der Waals surface area contributed by atoms with Gasteiger partial charge in [0.1, 0.15) is 24.3 Å². The highest BCUT2D eigenvalue weighted by atomic mass is 127. The summed E-state index contributed by atoms with van der Waals surface area (Å²) in [6, 6.07) is 14.4. The summed E-state index contributed by atoms with van der Waals surface area (Å²) < 4.78 is 37.5. The third kappa shape index (κ3) is 7.42. The summed E-state index contributed by atoms with van der Waals surface area (Å²) in [5, 5.41) is 24.4. The Morgan fingerprint density at radius 3 is 2.53 bits per heavy atom. The first-order chi connectivity index (χ1) is 22.7. The molecule has 0 bridgehead atoms. The van der Waals surface area contributed by atoms with E-state index in [4.69, 9.17) is 18.6 Å². The monoisotopic (exact) mass is 758 g/mol. The van der Waals surface area contributed by atoms with Crippen LogP contribution in [-0.2, 0) is 11.3 Å². The number of nitrogens with one attached hydrogen (secondary N) is 1. The maximum absolute atomic E-state index is 14.3. The molecule has 0 radical (unpaired) electrons. The summed E-state index contributed by atoms with van der Waals surface area (Å²) in [6.45, 7) is -0.400. The molecule has 0 aliphatic heterocycles. The van der Waals surface area contributed by atoms with Gasteiger partial charge >= 0.3 is 0 Å². The number of para-hydroxylation sites is 1. The van der Waals surface area contributed by atoms with Gasteiger partial charge in [-0.05, 0) is 70.6 Å². The van der Waals surface area contributed by atoms with Crippen LogP contribution >= 0.6 is 22.6 Å². The van der Waals surface area contributed by atoms with Crippen molar-refractivity contribution >= 4 is 51.7 Å². The van der Waals surface area contributed by atoms with E-state index in [1.54, 1.807) is 30.3 Å². The van der Waals surface area contributed by atoms with Crippen LogP contribution in [0.4, 0.5) is 4.39 Å². The van der Waals surface area contributed by atoms with E-state index >= 15 is 0 Å². The number of hydrogen-bond acceptors (Lipinski definition) is 9. The summed E-state index contributed by atoms with van der Waals surface area (Å²) in [5.41, 5.74) is 1.45. The maximum Gasteiger partial charge on any atom is 0.290 e. The number of ether oxygens (including phenoxy) is 3. The average molecular weight is 759 g/mol. The van der Waals surface area contributed by atoms with Gasteiger partial charge in [-0.25, -0.2) is 4.39 Å². The van der Waals surface area contributed by atoms with Crippen molar-refractivity contribution in [2.75, 3.05) is 27.4 Å². The van der Waals surface area contributed by atoms with Gasteiger partial charge in [0.25, 0.3) is 5.91 Å². The van der Waals surface area contributed by atoms with Crippen LogP contribution in [0.3, 0.4) is 0 Å². The molecule has 0 fully saturated rings. The lowest BCUT2D eigenvalue weighted by molar-refractivity contribution is -0.118. The molecule has 2 amide bonds. The number of aliphatic hydroxyl groups excluding tert-OH is 2. The number of rotatable bonds is 12. The van der Waals surface area contributed by atoms with E-state index in [2.05, 4.69) is 5.32 Å². The van der Waals surface area contributed by atoms with Crippen molar-refractivity contribution in [1.82, 2.24) is 10.2 Å². The molecule has 3 N–H and O–H groups in total. The highest BCUT2D eigenvalue weighted by molar-refractivity contribution is 14.1. The number of fused-ring (bicyclic) bond motifs is 1. The number of carbonyl (C=O) groups excluding carboxylic acids is 3. The molecular formula is C34H32FIN2O9. The Hall–Kier alpha value is -4.47. The standard InChI is InChI=1S/C34H32FIN2O9/c1-44-26-5-3-4-21-15-29(47-31(21)26)34(43)38(17-19-6-8-23(35)9-7-19)25-14-22(33(42)37-10-11-39)16-27(30(25)41)46-32-24(36)12-20(18-40)13-28(32)45-2/h3-9,12-13,15-16,18,25,27,30,39,41H,10-11,14,17H2,1-2H3,(H,37,42). The Labute approximate surface area is 283 Å². The number of amides is 2. The summed E-state index contributed by atoms with van der Waals surface area (Å²) >= 11 is 1.97. The van der Waals surface area contributed by atoms with Gasteiger partial charge in [-0.1, -0.05) is 24.3 Å². The zero-order valence-corrected chi connectivity index (χ0v) is 27.6. The molecule has 0 spiro atoms. The van der Waals surface area contributed by atoms with E-state index in [0.717, 1.165) is 0 Å². The van der Waals surface area contributed by atoms with Crippen molar-refractivity contribution in [3.8, 4) is 17.2 Å². The number of aliphatic hydroxyl groups is 2. The van der Waals surface area contributed by atoms with Crippen LogP contribution in [0.2, 0.25) is 0 Å². The van der Waals surface area contributed by atoms with Gasteiger partial charge in [0.15, 0.2) is 28.6 Å². The lowest BCUT2D eigenvalue weighted by Gasteiger charge is -2.40. The third-order valence-corrected chi connectivity index (χ3v) is 8.52. The molecule has 4 aromatic rings. The van der Waals surface area contributed by atoms with Crippen molar-refractivity contribution in [2.24, 2.45) is 0 Å². The Kier molecular flexibility index (Phi) is 10.8. The third-order valence-electron chi connectivity index (χ3n) is 7.72. The van der Waals surface area contributed by atoms with Crippen molar-refractivity contribution in [1.29, 1.82) is 0 Å². The molecule has 47 heavy (non-hydrogen) atoms. The smallest absolute Gasteiger partial charge is 0.290 e. The quantitative estimate of drug-likeness (QED) is 0.143. The van der Waals surface area contributed by atoms with E-state index < -0.39 is 35.9 Å². The van der Waals surface area contributed by atoms with Crippen molar-refractivity contribution in [2.45, 2.75) is 31.2 Å². The Bertz CT molecular complexity index is 1810. The first kappa shape index (κ1) is 33.9. The Balaban J connectivity index is 1.59. The largest absolute Gasteiger partial charge is 0.493 e. The average Bonchev–Trinajstić information content (AvgIpc) is 3.53. The fourth-order valence-corrected chi connectivity index (χ4v) is 6.16. The lowest BCUT2D eigenvalue weighted by Crippen LogP contribution is -2.54. The van der Waals surface area contributed by atoms with Crippen LogP contribution in [-0.4, -0.2) is 78.8 Å². The lowest BCUT2D eigenvalue weighted by atomic mass is 9.87. The minimum atomic E-state index is -1.39. The zero-order valence-electron chi connectivity index (χ0n) is 25.4. The summed E-state index contributed by atoms with van der Waals surface area (Å²) in [4.78, 5) is 40.4. The molecule has 1 aromatic heterocycles. The first-order valence-corrected chi connectivity index (χ1v) is 15.6. The topological polar surface area (TPSA) is 148 Å². The maximum atomic E-state index is 14.3. The Morgan fingerprint density at radius 2 is 1.85 bits per heavy atom. The number of carbonyl (C=O) groups is 3. The molecule has 3 aromatic carbocycles. The summed E-state index contributed by atoms with van der Waals surface area (Å²) in [6.07, 6.45) is -0.529. The number of halogens is 2. The predicted molar refractivity (Wildman–Crippen MR) is 177 cm³/mol. The highest BCUT2D eigenvalue weighted by Gasteiger charge is 2.42. The number of benzene rings is 3. The number of hydrogen-bond donors (Lipinski definition) is 3. The number of nitrogens with zero attached hydrogens (tertiary/aromatic N) is 1. The van der Waals surface area contributed by atoms with Crippen molar-refractivity contribution in [3.05, 3.63) is 98.6 Å². The zero-order chi connectivity index (χ0) is 33.7.